The van der Waals surface area contributed by atoms with Crippen molar-refractivity contribution in [3.63, 3.8) is 0 Å². The standard InChI is InChI=1S/C15H20BrNO4/c1-9-6-7-10(8-11(9)16)12(13(18)19)17(5)14(20)21-15(2,3)4/h6-8,12H,1-5H3,(H,18,19). The van der Waals surface area contributed by atoms with Crippen molar-refractivity contribution in [2.45, 2.75) is 39.3 Å². The van der Waals surface area contributed by atoms with Gasteiger partial charge in [0.2, 0.25) is 0 Å². The second-order valence-corrected chi connectivity index (χ2v) is 6.69. The normalized spacial score (nSPS) is 12.7. The molecule has 0 saturated carbocycles. The minimum Gasteiger partial charge on any atom is -0.479 e. The summed E-state index contributed by atoms with van der Waals surface area (Å²) in [6.45, 7) is 7.10. The van der Waals surface area contributed by atoms with Crippen LogP contribution in [0.4, 0.5) is 4.79 Å². The molecule has 0 aromatic heterocycles. The van der Waals surface area contributed by atoms with Crippen LogP contribution in [0.2, 0.25) is 0 Å². The van der Waals surface area contributed by atoms with Crippen LogP contribution in [0.5, 0.6) is 0 Å². The van der Waals surface area contributed by atoms with Crippen LogP contribution in [-0.4, -0.2) is 34.7 Å². The number of halogens is 1. The zero-order valence-corrected chi connectivity index (χ0v) is 14.4. The Bertz CT molecular complexity index is 551. The van der Waals surface area contributed by atoms with Gasteiger partial charge in [-0.15, -0.1) is 0 Å². The van der Waals surface area contributed by atoms with Crippen molar-refractivity contribution in [2.24, 2.45) is 0 Å². The monoisotopic (exact) mass is 357 g/mol. The average Bonchev–Trinajstić information content (AvgIpc) is 2.31. The zero-order valence-electron chi connectivity index (χ0n) is 12.8. The molecule has 0 spiro atoms. The number of benzene rings is 1. The summed E-state index contributed by atoms with van der Waals surface area (Å²) in [5.41, 5.74) is 0.818. The summed E-state index contributed by atoms with van der Waals surface area (Å²) in [5.74, 6) is -1.11. The minimum atomic E-state index is -1.11. The van der Waals surface area contributed by atoms with Gasteiger partial charge in [0, 0.05) is 11.5 Å². The number of rotatable bonds is 3. The molecule has 6 heteroatoms. The van der Waals surface area contributed by atoms with E-state index in [2.05, 4.69) is 15.9 Å². The van der Waals surface area contributed by atoms with Crippen LogP contribution < -0.4 is 0 Å². The lowest BCUT2D eigenvalue weighted by Gasteiger charge is -2.28. The maximum absolute atomic E-state index is 12.1. The van der Waals surface area contributed by atoms with E-state index in [0.29, 0.717) is 5.56 Å². The first-order chi connectivity index (χ1) is 9.53. The highest BCUT2D eigenvalue weighted by molar-refractivity contribution is 9.10. The van der Waals surface area contributed by atoms with E-state index >= 15 is 0 Å². The van der Waals surface area contributed by atoms with Crippen LogP contribution >= 0.6 is 15.9 Å². The summed E-state index contributed by atoms with van der Waals surface area (Å²) in [6.07, 6.45) is -0.674. The summed E-state index contributed by atoms with van der Waals surface area (Å²) in [4.78, 5) is 24.7. The molecule has 1 atom stereocenters. The van der Waals surface area contributed by atoms with E-state index < -0.39 is 23.7 Å². The number of carboxylic acids is 1. The summed E-state index contributed by atoms with van der Waals surface area (Å²) in [7, 11) is 1.42. The molecule has 1 aromatic rings. The second kappa shape index (κ2) is 6.47. The Hall–Kier alpha value is -1.56. The van der Waals surface area contributed by atoms with E-state index in [1.807, 2.05) is 6.92 Å². The van der Waals surface area contributed by atoms with Crippen LogP contribution in [0.3, 0.4) is 0 Å². The molecule has 0 fully saturated rings. The van der Waals surface area contributed by atoms with Crippen LogP contribution in [0, 0.1) is 6.92 Å². The molecule has 0 aliphatic rings. The van der Waals surface area contributed by atoms with Gasteiger partial charge in [-0.2, -0.15) is 0 Å². The maximum Gasteiger partial charge on any atom is 0.411 e. The Morgan fingerprint density at radius 2 is 1.90 bits per heavy atom. The van der Waals surface area contributed by atoms with Gasteiger partial charge in [-0.25, -0.2) is 9.59 Å². The van der Waals surface area contributed by atoms with Gasteiger partial charge in [0.15, 0.2) is 6.04 Å². The fourth-order valence-electron chi connectivity index (χ4n) is 1.75. The van der Waals surface area contributed by atoms with Gasteiger partial charge in [-0.1, -0.05) is 28.1 Å². The number of ether oxygens (including phenoxy) is 1. The molecule has 1 amide bonds. The number of likely N-dealkylation sites (N-methyl/N-ethyl adjacent to an activating group) is 1. The van der Waals surface area contributed by atoms with Gasteiger partial charge in [-0.3, -0.25) is 4.90 Å². The highest BCUT2D eigenvalue weighted by Gasteiger charge is 2.31. The van der Waals surface area contributed by atoms with Gasteiger partial charge in [0.25, 0.3) is 0 Å². The van der Waals surface area contributed by atoms with Gasteiger partial charge in [-0.05, 0) is 44.9 Å². The van der Waals surface area contributed by atoms with E-state index in [-0.39, 0.29) is 0 Å². The Balaban J connectivity index is 3.09. The Morgan fingerprint density at radius 1 is 1.33 bits per heavy atom. The molecule has 21 heavy (non-hydrogen) atoms. The van der Waals surface area contributed by atoms with Crippen molar-refractivity contribution in [1.82, 2.24) is 4.90 Å². The van der Waals surface area contributed by atoms with Gasteiger partial charge in [0.1, 0.15) is 5.60 Å². The fourth-order valence-corrected chi connectivity index (χ4v) is 2.15. The summed E-state index contributed by atoms with van der Waals surface area (Å²) in [6, 6.07) is 4.10. The predicted molar refractivity (Wildman–Crippen MR) is 83.3 cm³/mol. The van der Waals surface area contributed by atoms with Crippen molar-refractivity contribution >= 4 is 28.0 Å². The third-order valence-electron chi connectivity index (χ3n) is 2.81. The number of amides is 1. The molecule has 1 unspecified atom stereocenters. The molecule has 0 saturated heterocycles. The maximum atomic E-state index is 12.1. The summed E-state index contributed by atoms with van der Waals surface area (Å²) >= 11 is 3.37. The lowest BCUT2D eigenvalue weighted by Crippen LogP contribution is -2.39. The Kier molecular flexibility index (Phi) is 5.39. The predicted octanol–water partition coefficient (Wildman–Crippen LogP) is 3.75. The zero-order chi connectivity index (χ0) is 16.4. The number of carboxylic acid groups (broad SMARTS) is 1. The molecular weight excluding hydrogens is 338 g/mol. The number of carbonyl (C=O) groups is 2. The van der Waals surface area contributed by atoms with E-state index in [1.54, 1.807) is 39.0 Å². The fraction of sp³-hybridized carbons (Fsp3) is 0.467. The first-order valence-electron chi connectivity index (χ1n) is 6.47. The summed E-state index contributed by atoms with van der Waals surface area (Å²) < 4.78 is 6.01. The topological polar surface area (TPSA) is 66.8 Å². The van der Waals surface area contributed by atoms with Crippen LogP contribution in [0.25, 0.3) is 0 Å². The lowest BCUT2D eigenvalue weighted by atomic mass is 10.0. The molecular formula is C15H20BrNO4. The third kappa shape index (κ3) is 4.74. The first-order valence-corrected chi connectivity index (χ1v) is 7.27. The van der Waals surface area contributed by atoms with Gasteiger partial charge >= 0.3 is 12.1 Å². The third-order valence-corrected chi connectivity index (χ3v) is 3.67. The Labute approximate surface area is 133 Å². The minimum absolute atomic E-state index is 0.508. The number of aliphatic carboxylic acids is 1. The molecule has 0 aliphatic heterocycles. The average molecular weight is 358 g/mol. The van der Waals surface area contributed by atoms with Crippen LogP contribution in [0.1, 0.15) is 37.9 Å². The molecule has 0 radical (unpaired) electrons. The number of nitrogens with zero attached hydrogens (tertiary/aromatic N) is 1. The molecule has 5 nitrogen and oxygen atoms in total. The van der Waals surface area contributed by atoms with Crippen molar-refractivity contribution in [2.75, 3.05) is 7.05 Å². The number of carbonyl (C=O) groups excluding carboxylic acids is 1. The van der Waals surface area contributed by atoms with Crippen molar-refractivity contribution in [1.29, 1.82) is 0 Å². The number of aryl methyl sites for hydroxylation is 1. The number of hydrogen-bond acceptors (Lipinski definition) is 3. The summed E-state index contributed by atoms with van der Waals surface area (Å²) in [5, 5.41) is 9.44. The quantitative estimate of drug-likeness (QED) is 0.894. The first kappa shape index (κ1) is 17.5. The molecule has 116 valence electrons. The van der Waals surface area contributed by atoms with Crippen LogP contribution in [-0.2, 0) is 9.53 Å². The highest BCUT2D eigenvalue weighted by atomic mass is 79.9. The largest absolute Gasteiger partial charge is 0.479 e. The Morgan fingerprint density at radius 3 is 2.33 bits per heavy atom. The van der Waals surface area contributed by atoms with E-state index in [4.69, 9.17) is 4.74 Å². The SMILES string of the molecule is Cc1ccc(C(C(=O)O)N(C)C(=O)OC(C)(C)C)cc1Br. The molecule has 1 aromatic carbocycles. The molecule has 1 rings (SSSR count). The van der Waals surface area contributed by atoms with Crippen molar-refractivity contribution in [3.05, 3.63) is 33.8 Å². The van der Waals surface area contributed by atoms with Crippen molar-refractivity contribution in [3.8, 4) is 0 Å². The van der Waals surface area contributed by atoms with Gasteiger partial charge in [0.05, 0.1) is 0 Å². The molecule has 0 heterocycles. The second-order valence-electron chi connectivity index (χ2n) is 5.84. The molecule has 1 N–H and O–H groups in total. The molecule has 0 aliphatic carbocycles. The van der Waals surface area contributed by atoms with Crippen LogP contribution in [0.15, 0.2) is 22.7 Å². The molecule has 0 bridgehead atoms. The lowest BCUT2D eigenvalue weighted by molar-refractivity contribution is -0.142. The van der Waals surface area contributed by atoms with E-state index in [9.17, 15) is 14.7 Å². The van der Waals surface area contributed by atoms with Crippen molar-refractivity contribution < 1.29 is 19.4 Å². The van der Waals surface area contributed by atoms with E-state index in [0.717, 1.165) is 14.9 Å². The smallest absolute Gasteiger partial charge is 0.411 e. The van der Waals surface area contributed by atoms with E-state index in [1.165, 1.54) is 7.05 Å². The highest BCUT2D eigenvalue weighted by Crippen LogP contribution is 2.26. The number of hydrogen-bond donors (Lipinski definition) is 1. The van der Waals surface area contributed by atoms with Gasteiger partial charge < -0.3 is 9.84 Å².